The number of carbonyl (C=O) groups excluding carboxylic acids is 1. The topological polar surface area (TPSA) is 85.7 Å². The normalized spacial score (nSPS) is 17.1. The van der Waals surface area contributed by atoms with E-state index < -0.39 is 17.6 Å². The molecule has 6 nitrogen and oxygen atoms in total. The summed E-state index contributed by atoms with van der Waals surface area (Å²) in [6.45, 7) is 7.00. The van der Waals surface area contributed by atoms with Crippen LogP contribution in [0.25, 0.3) is 0 Å². The number of likely N-dealkylation sites (tertiary alicyclic amines) is 1. The quantitative estimate of drug-likeness (QED) is 0.566. The third-order valence-corrected chi connectivity index (χ3v) is 4.22. The highest BCUT2D eigenvalue weighted by Crippen LogP contribution is 2.19. The second-order valence-electron chi connectivity index (χ2n) is 7.24. The molecule has 3 N–H and O–H groups in total. The lowest BCUT2D eigenvalue weighted by Gasteiger charge is -2.35. The lowest BCUT2D eigenvalue weighted by Crippen LogP contribution is -2.48. The minimum atomic E-state index is -1.21. The van der Waals surface area contributed by atoms with Crippen LogP contribution in [-0.4, -0.2) is 46.7 Å². The summed E-state index contributed by atoms with van der Waals surface area (Å²) in [6.07, 6.45) is 0.196. The Labute approximate surface area is 153 Å². The van der Waals surface area contributed by atoms with Crippen molar-refractivity contribution in [3.8, 4) is 0 Å². The van der Waals surface area contributed by atoms with Crippen LogP contribution in [0, 0.1) is 5.41 Å². The molecule has 1 unspecified atom stereocenters. The number of hydrogen-bond acceptors (Lipinski definition) is 4. The van der Waals surface area contributed by atoms with Gasteiger partial charge in [0.15, 0.2) is 6.10 Å². The molecule has 1 heterocycles. The van der Waals surface area contributed by atoms with Crippen molar-refractivity contribution >= 4 is 23.5 Å². The van der Waals surface area contributed by atoms with Gasteiger partial charge < -0.3 is 20.1 Å². The van der Waals surface area contributed by atoms with Crippen LogP contribution < -0.4 is 5.32 Å². The van der Waals surface area contributed by atoms with Crippen LogP contribution >= 0.6 is 11.6 Å². The number of benzene rings is 1. The zero-order chi connectivity index (χ0) is 18.6. The summed E-state index contributed by atoms with van der Waals surface area (Å²) in [5, 5.41) is 21.6. The van der Waals surface area contributed by atoms with Gasteiger partial charge >= 0.3 is 0 Å². The number of rotatable bonds is 3. The van der Waals surface area contributed by atoms with E-state index in [4.69, 9.17) is 21.7 Å². The van der Waals surface area contributed by atoms with E-state index in [1.807, 2.05) is 25.7 Å². The average Bonchev–Trinajstić information content (AvgIpc) is 2.54. The maximum atomic E-state index is 12.2. The summed E-state index contributed by atoms with van der Waals surface area (Å²) in [4.78, 5) is 14.1. The average molecular weight is 368 g/mol. The molecule has 1 aliphatic heterocycles. The zero-order valence-corrected chi connectivity index (χ0v) is 15.6. The van der Waals surface area contributed by atoms with E-state index in [0.29, 0.717) is 36.5 Å². The van der Waals surface area contributed by atoms with E-state index in [1.165, 1.54) is 0 Å². The first-order valence-electron chi connectivity index (χ1n) is 8.42. The van der Waals surface area contributed by atoms with Gasteiger partial charge in [0.25, 0.3) is 11.9 Å². The molecule has 1 saturated heterocycles. The van der Waals surface area contributed by atoms with Gasteiger partial charge in [-0.25, -0.2) is 0 Å². The molecule has 1 atom stereocenters. The van der Waals surface area contributed by atoms with Crippen molar-refractivity contribution in [1.29, 1.82) is 5.41 Å². The molecule has 1 fully saturated rings. The van der Waals surface area contributed by atoms with Crippen LogP contribution in [0.15, 0.2) is 24.3 Å². The van der Waals surface area contributed by atoms with E-state index in [9.17, 15) is 9.90 Å². The summed E-state index contributed by atoms with van der Waals surface area (Å²) in [7, 11) is 0. The molecule has 0 bridgehead atoms. The highest BCUT2D eigenvalue weighted by molar-refractivity contribution is 6.30. The summed E-state index contributed by atoms with van der Waals surface area (Å²) < 4.78 is 5.57. The van der Waals surface area contributed by atoms with Gasteiger partial charge in [0, 0.05) is 24.2 Å². The molecule has 1 aliphatic rings. The van der Waals surface area contributed by atoms with Gasteiger partial charge in [-0.3, -0.25) is 10.2 Å². The van der Waals surface area contributed by atoms with Gasteiger partial charge in [-0.2, -0.15) is 0 Å². The predicted octanol–water partition coefficient (Wildman–Crippen LogP) is 2.70. The lowest BCUT2D eigenvalue weighted by molar-refractivity contribution is -0.130. The molecule has 25 heavy (non-hydrogen) atoms. The molecule has 138 valence electrons. The van der Waals surface area contributed by atoms with Crippen molar-refractivity contribution in [2.75, 3.05) is 13.1 Å². The molecule has 1 aromatic rings. The highest BCUT2D eigenvalue weighted by Gasteiger charge is 2.27. The Balaban J connectivity index is 1.82. The monoisotopic (exact) mass is 367 g/mol. The second-order valence-corrected chi connectivity index (χ2v) is 7.68. The van der Waals surface area contributed by atoms with Gasteiger partial charge in [-0.1, -0.05) is 23.7 Å². The number of aliphatic hydroxyl groups excluding tert-OH is 1. The molecule has 0 aliphatic carbocycles. The van der Waals surface area contributed by atoms with Gasteiger partial charge in [-0.05, 0) is 51.3 Å². The Bertz CT molecular complexity index is 605. The first-order valence-corrected chi connectivity index (χ1v) is 8.80. The summed E-state index contributed by atoms with van der Waals surface area (Å²) in [6, 6.07) is 6.71. The Kier molecular flexibility index (Phi) is 6.30. The molecule has 0 radical (unpaired) electrons. The number of hydrogen-bond donors (Lipinski definition) is 3. The fourth-order valence-electron chi connectivity index (χ4n) is 2.66. The second kappa shape index (κ2) is 8.06. The van der Waals surface area contributed by atoms with Gasteiger partial charge in [0.05, 0.1) is 0 Å². The number of nitrogens with zero attached hydrogens (tertiary/aromatic N) is 1. The van der Waals surface area contributed by atoms with E-state index in [0.717, 1.165) is 0 Å². The SMILES string of the molecule is CC(C)(C)OC(=N)N1CCC(NC(=O)C(O)c2ccc(Cl)cc2)CC1. The van der Waals surface area contributed by atoms with Crippen molar-refractivity contribution in [3.05, 3.63) is 34.9 Å². The zero-order valence-electron chi connectivity index (χ0n) is 14.9. The third-order valence-electron chi connectivity index (χ3n) is 3.97. The number of carbonyl (C=O) groups is 1. The minimum absolute atomic E-state index is 0.0202. The number of aliphatic hydroxyl groups is 1. The van der Waals surface area contributed by atoms with Crippen LogP contribution in [0.3, 0.4) is 0 Å². The number of amidine groups is 1. The number of amides is 1. The number of piperidine rings is 1. The first-order chi connectivity index (χ1) is 11.7. The number of halogens is 1. The predicted molar refractivity (Wildman–Crippen MR) is 97.7 cm³/mol. The molecule has 1 amide bonds. The fraction of sp³-hybridized carbons (Fsp3) is 0.556. The number of nitrogens with one attached hydrogen (secondary N) is 2. The lowest BCUT2D eigenvalue weighted by atomic mass is 10.0. The number of ether oxygens (including phenoxy) is 1. The van der Waals surface area contributed by atoms with Gasteiger partial charge in [0.1, 0.15) is 5.60 Å². The molecule has 2 rings (SSSR count). The van der Waals surface area contributed by atoms with E-state index >= 15 is 0 Å². The highest BCUT2D eigenvalue weighted by atomic mass is 35.5. The van der Waals surface area contributed by atoms with Gasteiger partial charge in [0.2, 0.25) is 0 Å². The van der Waals surface area contributed by atoms with Crippen molar-refractivity contribution in [2.24, 2.45) is 0 Å². The largest absolute Gasteiger partial charge is 0.460 e. The van der Waals surface area contributed by atoms with Gasteiger partial charge in [-0.15, -0.1) is 0 Å². The Hall–Kier alpha value is -1.79. The van der Waals surface area contributed by atoms with Crippen LogP contribution in [0.4, 0.5) is 0 Å². The molecule has 0 saturated carbocycles. The Morgan fingerprint density at radius 1 is 1.32 bits per heavy atom. The van der Waals surface area contributed by atoms with Crippen LogP contribution in [0.5, 0.6) is 0 Å². The van der Waals surface area contributed by atoms with Crippen molar-refractivity contribution in [3.63, 3.8) is 0 Å². The molecule has 0 aromatic heterocycles. The van der Waals surface area contributed by atoms with E-state index in [2.05, 4.69) is 5.32 Å². The van der Waals surface area contributed by atoms with Crippen LogP contribution in [0.1, 0.15) is 45.3 Å². The summed E-state index contributed by atoms with van der Waals surface area (Å²) in [5.74, 6) is -0.415. The van der Waals surface area contributed by atoms with E-state index in [1.54, 1.807) is 24.3 Å². The molecule has 7 heteroatoms. The molecular weight excluding hydrogens is 342 g/mol. The molecule has 1 aromatic carbocycles. The Morgan fingerprint density at radius 3 is 2.40 bits per heavy atom. The fourth-order valence-corrected chi connectivity index (χ4v) is 2.78. The van der Waals surface area contributed by atoms with E-state index in [-0.39, 0.29) is 12.1 Å². The van der Waals surface area contributed by atoms with Crippen LogP contribution in [0.2, 0.25) is 5.02 Å². The maximum absolute atomic E-state index is 12.2. The van der Waals surface area contributed by atoms with Crippen molar-refractivity contribution < 1.29 is 14.6 Å². The first kappa shape index (κ1) is 19.5. The van der Waals surface area contributed by atoms with Crippen LogP contribution in [-0.2, 0) is 9.53 Å². The summed E-state index contributed by atoms with van der Waals surface area (Å²) in [5.41, 5.74) is 0.116. The Morgan fingerprint density at radius 2 is 1.88 bits per heavy atom. The smallest absolute Gasteiger partial charge is 0.284 e. The maximum Gasteiger partial charge on any atom is 0.284 e. The third kappa shape index (κ3) is 5.90. The summed E-state index contributed by atoms with van der Waals surface area (Å²) >= 11 is 5.82. The molecular formula is C18H26ClN3O3. The molecule has 0 spiro atoms. The van der Waals surface area contributed by atoms with Crippen molar-refractivity contribution in [2.45, 2.75) is 51.4 Å². The minimum Gasteiger partial charge on any atom is -0.460 e. The standard InChI is InChI=1S/C18H26ClN3O3/c1-18(2,3)25-17(20)22-10-8-14(9-11-22)21-16(24)15(23)12-4-6-13(19)7-5-12/h4-7,14-15,20,23H,8-11H2,1-3H3,(H,21,24). The van der Waals surface area contributed by atoms with Crippen molar-refractivity contribution in [1.82, 2.24) is 10.2 Å².